The van der Waals surface area contributed by atoms with Gasteiger partial charge in [-0.3, -0.25) is 9.59 Å². The van der Waals surface area contributed by atoms with Crippen molar-refractivity contribution in [2.45, 2.75) is 44.1 Å². The molecule has 3 fully saturated rings. The highest BCUT2D eigenvalue weighted by atomic mass is 19.1. The highest BCUT2D eigenvalue weighted by molar-refractivity contribution is 5.83. The quantitative estimate of drug-likeness (QED) is 0.909. The summed E-state index contributed by atoms with van der Waals surface area (Å²) in [5, 5.41) is 2.92. The number of hydrogen-bond donors (Lipinski definition) is 1. The van der Waals surface area contributed by atoms with E-state index in [1.54, 1.807) is 0 Å². The van der Waals surface area contributed by atoms with Gasteiger partial charge in [0.05, 0.1) is 5.92 Å². The van der Waals surface area contributed by atoms with Crippen molar-refractivity contribution >= 4 is 11.8 Å². The highest BCUT2D eigenvalue weighted by Gasteiger charge is 2.44. The molecule has 6 heteroatoms. The first-order chi connectivity index (χ1) is 12.0. The maximum Gasteiger partial charge on any atom is 0.225 e. The van der Waals surface area contributed by atoms with E-state index in [0.717, 1.165) is 32.2 Å². The minimum atomic E-state index is -0.555. The zero-order valence-electron chi connectivity index (χ0n) is 14.0. The predicted molar refractivity (Wildman–Crippen MR) is 87.7 cm³/mol. The zero-order chi connectivity index (χ0) is 17.6. The Balaban J connectivity index is 1.34. The number of nitrogens with one attached hydrogen (secondary N) is 1. The van der Waals surface area contributed by atoms with Gasteiger partial charge in [0.25, 0.3) is 0 Å². The van der Waals surface area contributed by atoms with Crippen molar-refractivity contribution in [2.75, 3.05) is 13.1 Å². The van der Waals surface area contributed by atoms with Crippen molar-refractivity contribution < 1.29 is 18.4 Å². The van der Waals surface area contributed by atoms with Crippen LogP contribution in [-0.2, 0) is 9.59 Å². The number of nitrogens with zero attached hydrogens (tertiary/aromatic N) is 1. The zero-order valence-corrected chi connectivity index (χ0v) is 14.0. The molecule has 1 aromatic rings. The van der Waals surface area contributed by atoms with Gasteiger partial charge in [-0.2, -0.15) is 0 Å². The molecule has 134 valence electrons. The van der Waals surface area contributed by atoms with Crippen LogP contribution < -0.4 is 5.32 Å². The second-order valence-corrected chi connectivity index (χ2v) is 7.49. The fourth-order valence-corrected chi connectivity index (χ4v) is 3.82. The van der Waals surface area contributed by atoms with Crippen LogP contribution in [0.1, 0.15) is 43.6 Å². The molecule has 2 saturated carbocycles. The van der Waals surface area contributed by atoms with Gasteiger partial charge >= 0.3 is 0 Å². The third-order valence-electron chi connectivity index (χ3n) is 5.52. The number of benzene rings is 1. The lowest BCUT2D eigenvalue weighted by Crippen LogP contribution is -2.46. The smallest absolute Gasteiger partial charge is 0.225 e. The van der Waals surface area contributed by atoms with E-state index in [2.05, 4.69) is 5.32 Å². The molecule has 0 spiro atoms. The number of hydrogen-bond acceptors (Lipinski definition) is 2. The average Bonchev–Trinajstić information content (AvgIpc) is 3.50. The van der Waals surface area contributed by atoms with Gasteiger partial charge in [0.2, 0.25) is 11.8 Å². The SMILES string of the molecule is O=C(N[C@@H]1C[C@@H]1c1c(F)cccc1F)[C@H]1CCCN(C(=O)C2CC2)C1. The second kappa shape index (κ2) is 6.39. The van der Waals surface area contributed by atoms with Crippen LogP contribution in [-0.4, -0.2) is 35.8 Å². The summed E-state index contributed by atoms with van der Waals surface area (Å²) < 4.78 is 27.7. The molecule has 3 aliphatic rings. The van der Waals surface area contributed by atoms with Gasteiger partial charge in [-0.25, -0.2) is 8.78 Å². The van der Waals surface area contributed by atoms with E-state index in [1.165, 1.54) is 18.2 Å². The normalized spacial score (nSPS) is 28.6. The molecule has 0 radical (unpaired) electrons. The number of piperidine rings is 1. The fraction of sp³-hybridized carbons (Fsp3) is 0.579. The number of amides is 2. The average molecular weight is 348 g/mol. The molecule has 3 atom stereocenters. The summed E-state index contributed by atoms with van der Waals surface area (Å²) in [5.74, 6) is -1.38. The second-order valence-electron chi connectivity index (χ2n) is 7.49. The Labute approximate surface area is 145 Å². The summed E-state index contributed by atoms with van der Waals surface area (Å²) in [6.07, 6.45) is 4.06. The fourth-order valence-electron chi connectivity index (χ4n) is 3.82. The summed E-state index contributed by atoms with van der Waals surface area (Å²) in [6, 6.07) is 3.63. The minimum absolute atomic E-state index is 0.0713. The van der Waals surface area contributed by atoms with Crippen molar-refractivity contribution in [3.8, 4) is 0 Å². The standard InChI is InChI=1S/C19H22F2N2O2/c20-14-4-1-5-15(21)17(14)13-9-16(13)22-18(24)12-3-2-8-23(10-12)19(25)11-6-7-11/h1,4-5,11-13,16H,2-3,6-10H2,(H,22,24)/t12-,13-,16+/m0/s1. The first-order valence-electron chi connectivity index (χ1n) is 9.07. The Morgan fingerprint density at radius 3 is 2.48 bits per heavy atom. The van der Waals surface area contributed by atoms with Crippen molar-refractivity contribution in [3.05, 3.63) is 35.4 Å². The lowest BCUT2D eigenvalue weighted by atomic mass is 9.96. The van der Waals surface area contributed by atoms with Crippen LogP contribution in [0, 0.1) is 23.5 Å². The largest absolute Gasteiger partial charge is 0.352 e. The molecule has 1 aromatic carbocycles. The molecule has 1 saturated heterocycles. The van der Waals surface area contributed by atoms with E-state index >= 15 is 0 Å². The van der Waals surface area contributed by atoms with Crippen LogP contribution in [0.4, 0.5) is 8.78 Å². The summed E-state index contributed by atoms with van der Waals surface area (Å²) in [5.41, 5.74) is 0.0713. The van der Waals surface area contributed by atoms with Crippen LogP contribution in [0.2, 0.25) is 0 Å². The lowest BCUT2D eigenvalue weighted by Gasteiger charge is -2.32. The lowest BCUT2D eigenvalue weighted by molar-refractivity contribution is -0.136. The molecule has 0 bridgehead atoms. The maximum atomic E-state index is 13.8. The summed E-state index contributed by atoms with van der Waals surface area (Å²) in [7, 11) is 0. The number of halogens is 2. The van der Waals surface area contributed by atoms with Gasteiger partial charge in [0, 0.05) is 36.5 Å². The third-order valence-corrected chi connectivity index (χ3v) is 5.52. The van der Waals surface area contributed by atoms with Crippen molar-refractivity contribution in [1.82, 2.24) is 10.2 Å². The Morgan fingerprint density at radius 2 is 1.80 bits per heavy atom. The maximum absolute atomic E-state index is 13.8. The highest BCUT2D eigenvalue weighted by Crippen LogP contribution is 2.43. The van der Waals surface area contributed by atoms with Crippen LogP contribution >= 0.6 is 0 Å². The van der Waals surface area contributed by atoms with E-state index < -0.39 is 11.6 Å². The molecule has 2 aliphatic carbocycles. The van der Waals surface area contributed by atoms with Crippen LogP contribution in [0.25, 0.3) is 0 Å². The Kier molecular flexibility index (Phi) is 4.21. The van der Waals surface area contributed by atoms with Gasteiger partial charge in [-0.05, 0) is 44.2 Å². The molecule has 4 rings (SSSR count). The number of rotatable bonds is 4. The number of likely N-dealkylation sites (tertiary alicyclic amines) is 1. The van der Waals surface area contributed by atoms with Gasteiger partial charge in [-0.15, -0.1) is 0 Å². The van der Waals surface area contributed by atoms with Crippen LogP contribution in [0.15, 0.2) is 18.2 Å². The first-order valence-corrected chi connectivity index (χ1v) is 9.07. The van der Waals surface area contributed by atoms with E-state index in [-0.39, 0.29) is 41.2 Å². The number of carbonyl (C=O) groups excluding carboxylic acids is 2. The van der Waals surface area contributed by atoms with Crippen LogP contribution in [0.5, 0.6) is 0 Å². The predicted octanol–water partition coefficient (Wildman–Crippen LogP) is 2.59. The van der Waals surface area contributed by atoms with Crippen molar-refractivity contribution in [3.63, 3.8) is 0 Å². The minimum Gasteiger partial charge on any atom is -0.352 e. The molecule has 1 heterocycles. The van der Waals surface area contributed by atoms with E-state index in [4.69, 9.17) is 0 Å². The van der Waals surface area contributed by atoms with Crippen molar-refractivity contribution in [1.29, 1.82) is 0 Å². The summed E-state index contributed by atoms with van der Waals surface area (Å²) in [4.78, 5) is 26.5. The van der Waals surface area contributed by atoms with E-state index in [1.807, 2.05) is 4.90 Å². The topological polar surface area (TPSA) is 49.4 Å². The number of carbonyl (C=O) groups is 2. The molecular formula is C19H22F2N2O2. The van der Waals surface area contributed by atoms with E-state index in [0.29, 0.717) is 13.0 Å². The molecular weight excluding hydrogens is 326 g/mol. The molecule has 25 heavy (non-hydrogen) atoms. The Bertz CT molecular complexity index is 684. The molecule has 4 nitrogen and oxygen atoms in total. The van der Waals surface area contributed by atoms with Crippen LogP contribution in [0.3, 0.4) is 0 Å². The van der Waals surface area contributed by atoms with Crippen molar-refractivity contribution in [2.24, 2.45) is 11.8 Å². The Morgan fingerprint density at radius 1 is 1.08 bits per heavy atom. The monoisotopic (exact) mass is 348 g/mol. The van der Waals surface area contributed by atoms with Gasteiger partial charge in [0.1, 0.15) is 11.6 Å². The van der Waals surface area contributed by atoms with Gasteiger partial charge in [-0.1, -0.05) is 6.07 Å². The molecule has 1 aliphatic heterocycles. The summed E-state index contributed by atoms with van der Waals surface area (Å²) in [6.45, 7) is 1.19. The third kappa shape index (κ3) is 3.39. The molecule has 1 N–H and O–H groups in total. The van der Waals surface area contributed by atoms with E-state index in [9.17, 15) is 18.4 Å². The van der Waals surface area contributed by atoms with Gasteiger partial charge < -0.3 is 10.2 Å². The molecule has 0 aromatic heterocycles. The Hall–Kier alpha value is -1.98. The molecule has 0 unspecified atom stereocenters. The summed E-state index contributed by atoms with van der Waals surface area (Å²) >= 11 is 0. The van der Waals surface area contributed by atoms with Gasteiger partial charge in [0.15, 0.2) is 0 Å². The first kappa shape index (κ1) is 16.5. The molecule has 2 amide bonds.